The van der Waals surface area contributed by atoms with E-state index in [4.69, 9.17) is 21.1 Å². The van der Waals surface area contributed by atoms with Crippen molar-refractivity contribution in [1.29, 1.82) is 0 Å². The van der Waals surface area contributed by atoms with Crippen LogP contribution in [0.4, 0.5) is 0 Å². The SMILES string of the molecule is Clc1cc(CNCc2sccc2Br)cc2c1OCCO2. The van der Waals surface area contributed by atoms with Gasteiger partial charge in [0.2, 0.25) is 0 Å². The molecule has 20 heavy (non-hydrogen) atoms. The van der Waals surface area contributed by atoms with Gasteiger partial charge >= 0.3 is 0 Å². The molecule has 1 N–H and O–H groups in total. The highest BCUT2D eigenvalue weighted by atomic mass is 79.9. The molecule has 0 amide bonds. The van der Waals surface area contributed by atoms with Gasteiger partial charge in [-0.3, -0.25) is 0 Å². The van der Waals surface area contributed by atoms with Crippen LogP contribution in [0, 0.1) is 0 Å². The molecule has 0 saturated heterocycles. The third-order valence-electron chi connectivity index (χ3n) is 2.96. The number of hydrogen-bond acceptors (Lipinski definition) is 4. The molecule has 0 atom stereocenters. The largest absolute Gasteiger partial charge is 0.486 e. The van der Waals surface area contributed by atoms with Gasteiger partial charge < -0.3 is 14.8 Å². The summed E-state index contributed by atoms with van der Waals surface area (Å²) in [5, 5.41) is 6.08. The molecule has 0 saturated carbocycles. The Bertz CT molecular complexity index is 617. The average molecular weight is 375 g/mol. The zero-order chi connectivity index (χ0) is 13.9. The predicted octanol–water partition coefficient (Wildman–Crippen LogP) is 4.23. The monoisotopic (exact) mass is 373 g/mol. The van der Waals surface area contributed by atoms with E-state index >= 15 is 0 Å². The lowest BCUT2D eigenvalue weighted by atomic mass is 10.2. The average Bonchev–Trinajstić information content (AvgIpc) is 2.85. The zero-order valence-corrected chi connectivity index (χ0v) is 13.8. The van der Waals surface area contributed by atoms with Gasteiger partial charge in [0.15, 0.2) is 11.5 Å². The molecule has 1 aliphatic rings. The van der Waals surface area contributed by atoms with E-state index in [9.17, 15) is 0 Å². The van der Waals surface area contributed by atoms with Crippen molar-refractivity contribution in [3.05, 3.63) is 43.5 Å². The Morgan fingerprint density at radius 3 is 2.90 bits per heavy atom. The van der Waals surface area contributed by atoms with Crippen LogP contribution in [0.3, 0.4) is 0 Å². The van der Waals surface area contributed by atoms with Crippen LogP contribution in [0.5, 0.6) is 11.5 Å². The molecule has 0 radical (unpaired) electrons. The zero-order valence-electron chi connectivity index (χ0n) is 10.6. The first-order chi connectivity index (χ1) is 9.74. The van der Waals surface area contributed by atoms with Crippen molar-refractivity contribution in [3.63, 3.8) is 0 Å². The molecule has 6 heteroatoms. The second-order valence-electron chi connectivity index (χ2n) is 4.40. The minimum Gasteiger partial charge on any atom is -0.486 e. The summed E-state index contributed by atoms with van der Waals surface area (Å²) < 4.78 is 12.2. The highest BCUT2D eigenvalue weighted by Crippen LogP contribution is 2.38. The van der Waals surface area contributed by atoms with Crippen molar-refractivity contribution in [2.24, 2.45) is 0 Å². The van der Waals surface area contributed by atoms with E-state index < -0.39 is 0 Å². The lowest BCUT2D eigenvalue weighted by molar-refractivity contribution is 0.171. The smallest absolute Gasteiger partial charge is 0.179 e. The summed E-state index contributed by atoms with van der Waals surface area (Å²) in [6.45, 7) is 2.68. The number of rotatable bonds is 4. The number of halogens is 2. The van der Waals surface area contributed by atoms with Gasteiger partial charge in [-0.15, -0.1) is 11.3 Å². The van der Waals surface area contributed by atoms with E-state index in [2.05, 4.69) is 32.7 Å². The van der Waals surface area contributed by atoms with Gasteiger partial charge in [-0.05, 0) is 45.1 Å². The van der Waals surface area contributed by atoms with Crippen LogP contribution in [0.2, 0.25) is 5.02 Å². The number of thiophene rings is 1. The Balaban J connectivity index is 1.66. The summed E-state index contributed by atoms with van der Waals surface area (Å²) in [5.74, 6) is 1.39. The molecule has 0 aliphatic carbocycles. The van der Waals surface area contributed by atoms with E-state index in [0.717, 1.165) is 28.9 Å². The Labute approximate surface area is 135 Å². The summed E-state index contributed by atoms with van der Waals surface area (Å²) in [6, 6.07) is 5.96. The summed E-state index contributed by atoms with van der Waals surface area (Å²) in [6.07, 6.45) is 0. The lowest BCUT2D eigenvalue weighted by Crippen LogP contribution is -2.17. The van der Waals surface area contributed by atoms with E-state index in [1.54, 1.807) is 11.3 Å². The quantitative estimate of drug-likeness (QED) is 0.869. The molecule has 0 unspecified atom stereocenters. The van der Waals surface area contributed by atoms with Crippen LogP contribution in [-0.2, 0) is 13.1 Å². The molecule has 0 bridgehead atoms. The fraction of sp³-hybridized carbons (Fsp3) is 0.286. The van der Waals surface area contributed by atoms with Gasteiger partial charge in [0, 0.05) is 22.4 Å². The van der Waals surface area contributed by atoms with E-state index in [1.807, 2.05) is 12.1 Å². The molecule has 106 valence electrons. The van der Waals surface area contributed by atoms with Crippen molar-refractivity contribution in [1.82, 2.24) is 5.32 Å². The van der Waals surface area contributed by atoms with Crippen LogP contribution >= 0.6 is 38.9 Å². The topological polar surface area (TPSA) is 30.5 Å². The van der Waals surface area contributed by atoms with Crippen LogP contribution < -0.4 is 14.8 Å². The molecule has 0 spiro atoms. The van der Waals surface area contributed by atoms with Crippen molar-refractivity contribution in [2.45, 2.75) is 13.1 Å². The minimum atomic E-state index is 0.552. The van der Waals surface area contributed by atoms with Gasteiger partial charge in [-0.25, -0.2) is 0 Å². The Hall–Kier alpha value is -0.750. The maximum atomic E-state index is 6.21. The summed E-state index contributed by atoms with van der Waals surface area (Å²) in [7, 11) is 0. The van der Waals surface area contributed by atoms with Gasteiger partial charge in [0.1, 0.15) is 13.2 Å². The molecule has 1 aromatic heterocycles. The fourth-order valence-electron chi connectivity index (χ4n) is 2.04. The van der Waals surface area contributed by atoms with Crippen molar-refractivity contribution < 1.29 is 9.47 Å². The predicted molar refractivity (Wildman–Crippen MR) is 85.0 cm³/mol. The second-order valence-corrected chi connectivity index (χ2v) is 6.66. The molecule has 2 heterocycles. The van der Waals surface area contributed by atoms with Crippen LogP contribution in [-0.4, -0.2) is 13.2 Å². The highest BCUT2D eigenvalue weighted by Gasteiger charge is 2.16. The third-order valence-corrected chi connectivity index (χ3v) is 5.17. The molecule has 3 rings (SSSR count). The molecule has 1 aromatic carbocycles. The summed E-state index contributed by atoms with van der Waals surface area (Å²) in [5.41, 5.74) is 1.09. The number of fused-ring (bicyclic) bond motifs is 1. The molecular formula is C14H13BrClNO2S. The number of nitrogens with one attached hydrogen (secondary N) is 1. The first kappa shape index (κ1) is 14.2. The number of ether oxygens (including phenoxy) is 2. The van der Waals surface area contributed by atoms with E-state index in [0.29, 0.717) is 24.0 Å². The van der Waals surface area contributed by atoms with Crippen LogP contribution in [0.1, 0.15) is 10.4 Å². The summed E-state index contributed by atoms with van der Waals surface area (Å²) in [4.78, 5) is 1.29. The molecule has 1 aliphatic heterocycles. The van der Waals surface area contributed by atoms with E-state index in [-0.39, 0.29) is 0 Å². The second kappa shape index (κ2) is 6.35. The first-order valence-corrected chi connectivity index (χ1v) is 8.29. The lowest BCUT2D eigenvalue weighted by Gasteiger charge is -2.20. The Morgan fingerprint density at radius 1 is 1.25 bits per heavy atom. The van der Waals surface area contributed by atoms with Crippen LogP contribution in [0.15, 0.2) is 28.1 Å². The fourth-order valence-corrected chi connectivity index (χ4v) is 3.79. The van der Waals surface area contributed by atoms with Gasteiger partial charge in [0.25, 0.3) is 0 Å². The maximum Gasteiger partial charge on any atom is 0.179 e. The maximum absolute atomic E-state index is 6.21. The Kier molecular flexibility index (Phi) is 4.51. The highest BCUT2D eigenvalue weighted by molar-refractivity contribution is 9.10. The number of benzene rings is 1. The first-order valence-electron chi connectivity index (χ1n) is 6.24. The molecule has 3 nitrogen and oxygen atoms in total. The van der Waals surface area contributed by atoms with Gasteiger partial charge in [-0.2, -0.15) is 0 Å². The number of hydrogen-bond donors (Lipinski definition) is 1. The molecular weight excluding hydrogens is 362 g/mol. The summed E-state index contributed by atoms with van der Waals surface area (Å²) >= 11 is 11.5. The van der Waals surface area contributed by atoms with Gasteiger partial charge in [-0.1, -0.05) is 11.6 Å². The third kappa shape index (κ3) is 3.11. The normalized spacial score (nSPS) is 13.5. The van der Waals surface area contributed by atoms with Crippen molar-refractivity contribution in [2.75, 3.05) is 13.2 Å². The minimum absolute atomic E-state index is 0.552. The van der Waals surface area contributed by atoms with Crippen molar-refractivity contribution in [3.8, 4) is 11.5 Å². The van der Waals surface area contributed by atoms with Crippen LogP contribution in [0.25, 0.3) is 0 Å². The van der Waals surface area contributed by atoms with E-state index in [1.165, 1.54) is 4.88 Å². The van der Waals surface area contributed by atoms with Crippen molar-refractivity contribution >= 4 is 38.9 Å². The molecule has 2 aromatic rings. The molecule has 0 fully saturated rings. The Morgan fingerprint density at radius 2 is 2.10 bits per heavy atom. The van der Waals surface area contributed by atoms with Gasteiger partial charge in [0.05, 0.1) is 5.02 Å². The standard InChI is InChI=1S/C14H13BrClNO2S/c15-10-1-4-20-13(10)8-17-7-9-5-11(16)14-12(6-9)18-2-3-19-14/h1,4-6,17H,2-3,7-8H2.